The van der Waals surface area contributed by atoms with Gasteiger partial charge in [-0.25, -0.2) is 0 Å². The van der Waals surface area contributed by atoms with E-state index in [2.05, 4.69) is 12.6 Å². The van der Waals surface area contributed by atoms with Crippen molar-refractivity contribution in [3.63, 3.8) is 0 Å². The molecule has 0 radical (unpaired) electrons. The van der Waals surface area contributed by atoms with Crippen LogP contribution in [-0.2, 0) is 4.79 Å². The van der Waals surface area contributed by atoms with Crippen LogP contribution in [0.3, 0.4) is 0 Å². The van der Waals surface area contributed by atoms with E-state index in [1.807, 2.05) is 0 Å². The van der Waals surface area contributed by atoms with Crippen LogP contribution < -0.4 is 113 Å². The standard InChI is InChI=1S/C2H4O2S.CH2O3.2K/c3-2(4)1-5;2-1(3)4;;/h5H,1H2,(H,3,4);(H2,2,3,4);;/q;;2*+1/p-2. The zero-order chi connectivity index (χ0) is 7.86. The summed E-state index contributed by atoms with van der Waals surface area (Å²) in [6.07, 6.45) is -2.33. The first-order valence-corrected chi connectivity index (χ1v) is 2.34. The quantitative estimate of drug-likeness (QED) is 0.344. The van der Waals surface area contributed by atoms with E-state index in [0.29, 0.717) is 0 Å². The van der Waals surface area contributed by atoms with E-state index in [1.54, 1.807) is 0 Å². The van der Waals surface area contributed by atoms with Gasteiger partial charge >= 0.3 is 109 Å². The van der Waals surface area contributed by atoms with Gasteiger partial charge < -0.3 is 20.1 Å². The first-order chi connectivity index (χ1) is 4.00. The largest absolute Gasteiger partial charge is 1.00 e. The fourth-order valence-corrected chi connectivity index (χ4v) is 0. The van der Waals surface area contributed by atoms with Crippen molar-refractivity contribution in [2.75, 3.05) is 5.75 Å². The number of carboxylic acid groups (broad SMARTS) is 3. The van der Waals surface area contributed by atoms with Gasteiger partial charge in [-0.2, -0.15) is 12.6 Å². The molecule has 0 aliphatic heterocycles. The summed E-state index contributed by atoms with van der Waals surface area (Å²) in [5.41, 5.74) is 0. The third-order valence-electron chi connectivity index (χ3n) is 0.135. The maximum atomic E-state index is 9.29. The van der Waals surface area contributed by atoms with Gasteiger partial charge in [-0.05, 0) is 6.16 Å². The van der Waals surface area contributed by atoms with E-state index < -0.39 is 12.1 Å². The van der Waals surface area contributed by atoms with Crippen molar-refractivity contribution in [3.05, 3.63) is 0 Å². The molecule has 0 heterocycles. The second-order valence-electron chi connectivity index (χ2n) is 0.802. The number of rotatable bonds is 1. The van der Waals surface area contributed by atoms with Crippen molar-refractivity contribution < 1.29 is 128 Å². The molecule has 1 N–H and O–H groups in total. The van der Waals surface area contributed by atoms with Crippen LogP contribution in [0.15, 0.2) is 0 Å². The first kappa shape index (κ1) is 23.3. The zero-order valence-corrected chi connectivity index (χ0v) is 13.4. The molecule has 0 amide bonds. The fourth-order valence-electron chi connectivity index (χ4n) is 0. The van der Waals surface area contributed by atoms with Gasteiger partial charge in [0.25, 0.3) is 0 Å². The molecule has 5 nitrogen and oxygen atoms in total. The Hall–Kier alpha value is 2.36. The smallest absolute Gasteiger partial charge is 0.652 e. The Kier molecular flexibility index (Phi) is 38.6. The molecule has 0 aromatic carbocycles. The van der Waals surface area contributed by atoms with Crippen LogP contribution in [0.4, 0.5) is 4.79 Å². The molecule has 8 heteroatoms. The van der Waals surface area contributed by atoms with E-state index in [9.17, 15) is 4.79 Å². The third kappa shape index (κ3) is 69.8. The molecule has 0 spiro atoms. The van der Waals surface area contributed by atoms with Crippen molar-refractivity contribution in [3.8, 4) is 0 Å². The molecule has 11 heavy (non-hydrogen) atoms. The minimum atomic E-state index is -2.33. The van der Waals surface area contributed by atoms with Gasteiger partial charge in [0.05, 0.1) is 5.75 Å². The molecular weight excluding hydrogens is 226 g/mol. The SMILES string of the molecule is O=C(O)CS.O=C([O-])[O-].[K+].[K+]. The molecule has 0 fully saturated rings. The summed E-state index contributed by atoms with van der Waals surface area (Å²) in [5.74, 6) is -0.965. The maximum absolute atomic E-state index is 9.29. The summed E-state index contributed by atoms with van der Waals surface area (Å²) in [7, 11) is 0. The Balaban J connectivity index is -0.0000000383. The predicted octanol–water partition coefficient (Wildman–Crippen LogP) is -8.44. The predicted molar refractivity (Wildman–Crippen MR) is 26.9 cm³/mol. The molecule has 0 saturated carbocycles. The van der Waals surface area contributed by atoms with Crippen molar-refractivity contribution in [1.82, 2.24) is 0 Å². The average Bonchev–Trinajstić information content (AvgIpc) is 1.65. The first-order valence-electron chi connectivity index (χ1n) is 1.71. The Morgan fingerprint density at radius 2 is 1.36 bits per heavy atom. The van der Waals surface area contributed by atoms with Crippen LogP contribution in [0.5, 0.6) is 0 Å². The van der Waals surface area contributed by atoms with Gasteiger partial charge in [-0.1, -0.05) is 0 Å². The Morgan fingerprint density at radius 1 is 1.27 bits per heavy atom. The molecular formula is C3H4K2O5S. The molecule has 0 saturated heterocycles. The van der Waals surface area contributed by atoms with Crippen LogP contribution in [0.1, 0.15) is 0 Å². The van der Waals surface area contributed by atoms with Crippen LogP contribution in [-0.4, -0.2) is 23.0 Å². The molecule has 0 aliphatic carbocycles. The number of aliphatic carboxylic acids is 1. The van der Waals surface area contributed by atoms with Crippen LogP contribution in [0.25, 0.3) is 0 Å². The third-order valence-corrected chi connectivity index (χ3v) is 0.406. The zero-order valence-electron chi connectivity index (χ0n) is 6.23. The molecule has 0 atom stereocenters. The maximum Gasteiger partial charge on any atom is 1.00 e. The molecule has 0 bridgehead atoms. The molecule has 0 aromatic rings. The van der Waals surface area contributed by atoms with Gasteiger partial charge in [0.2, 0.25) is 0 Å². The summed E-state index contributed by atoms with van der Waals surface area (Å²) in [6, 6.07) is 0. The van der Waals surface area contributed by atoms with Crippen LogP contribution >= 0.6 is 12.6 Å². The van der Waals surface area contributed by atoms with Crippen molar-refractivity contribution in [2.24, 2.45) is 0 Å². The summed E-state index contributed by atoms with van der Waals surface area (Å²) in [5, 5.41) is 24.3. The van der Waals surface area contributed by atoms with E-state index in [4.69, 9.17) is 20.1 Å². The molecule has 0 aliphatic rings. The van der Waals surface area contributed by atoms with E-state index in [1.165, 1.54) is 0 Å². The Bertz CT molecular complexity index is 104. The van der Waals surface area contributed by atoms with E-state index in [-0.39, 0.29) is 109 Å². The monoisotopic (exact) mass is 230 g/mol. The molecule has 0 aromatic heterocycles. The average molecular weight is 230 g/mol. The fraction of sp³-hybridized carbons (Fsp3) is 0.333. The van der Waals surface area contributed by atoms with Gasteiger partial charge in [0, 0.05) is 0 Å². The van der Waals surface area contributed by atoms with Crippen molar-refractivity contribution in [1.29, 1.82) is 0 Å². The Labute approximate surface area is 154 Å². The number of hydrogen-bond acceptors (Lipinski definition) is 5. The topological polar surface area (TPSA) is 100 Å². The number of carboxylic acids is 1. The van der Waals surface area contributed by atoms with Gasteiger partial charge in [-0.3, -0.25) is 4.79 Å². The molecule has 0 unspecified atom stereocenters. The number of hydrogen-bond donors (Lipinski definition) is 2. The molecule has 54 valence electrons. The summed E-state index contributed by atoms with van der Waals surface area (Å²) in [6.45, 7) is 0. The van der Waals surface area contributed by atoms with Gasteiger partial charge in [0.15, 0.2) is 0 Å². The number of carbonyl (C=O) groups excluding carboxylic acids is 1. The minimum Gasteiger partial charge on any atom is -0.652 e. The van der Waals surface area contributed by atoms with Crippen molar-refractivity contribution >= 4 is 24.8 Å². The number of carbonyl (C=O) groups is 2. The van der Waals surface area contributed by atoms with Gasteiger partial charge in [0.1, 0.15) is 0 Å². The van der Waals surface area contributed by atoms with E-state index >= 15 is 0 Å². The van der Waals surface area contributed by atoms with Crippen molar-refractivity contribution in [2.45, 2.75) is 0 Å². The summed E-state index contributed by atoms with van der Waals surface area (Å²) in [4.78, 5) is 17.6. The minimum absolute atomic E-state index is 0. The normalized spacial score (nSPS) is 5.55. The summed E-state index contributed by atoms with van der Waals surface area (Å²) < 4.78 is 0. The Morgan fingerprint density at radius 3 is 1.36 bits per heavy atom. The molecule has 0 rings (SSSR count). The van der Waals surface area contributed by atoms with Crippen LogP contribution in [0.2, 0.25) is 0 Å². The summed E-state index contributed by atoms with van der Waals surface area (Å²) >= 11 is 3.42. The second kappa shape index (κ2) is 18.2. The number of thiol groups is 1. The second-order valence-corrected chi connectivity index (χ2v) is 1.12. The van der Waals surface area contributed by atoms with Gasteiger partial charge in [-0.15, -0.1) is 0 Å². The van der Waals surface area contributed by atoms with Crippen LogP contribution in [0, 0.1) is 0 Å². The van der Waals surface area contributed by atoms with E-state index in [0.717, 1.165) is 0 Å².